The van der Waals surface area contributed by atoms with Gasteiger partial charge in [0.25, 0.3) is 0 Å². The second kappa shape index (κ2) is 5.65. The fourth-order valence-corrected chi connectivity index (χ4v) is 1.63. The summed E-state index contributed by atoms with van der Waals surface area (Å²) in [6, 6.07) is 6.77. The minimum atomic E-state index is -0.434. The maximum absolute atomic E-state index is 10.9. The molecule has 0 saturated carbocycles. The van der Waals surface area contributed by atoms with Crippen LogP contribution in [0.2, 0.25) is 0 Å². The molecule has 5 nitrogen and oxygen atoms in total. The van der Waals surface area contributed by atoms with Gasteiger partial charge in [-0.15, -0.1) is 0 Å². The monoisotopic (exact) mass is 236 g/mol. The number of nitrogens with two attached hydrogens (primary N) is 1. The standard InChI is InChI=1S/C12H16N2O3/c13-12(15)9-1-3-10(4-2-9)17-8-11-7-14-5-6-16-11/h1-4,11,14H,5-8H2,(H2,13,15). The van der Waals surface area contributed by atoms with Crippen molar-refractivity contribution in [3.05, 3.63) is 29.8 Å². The van der Waals surface area contributed by atoms with Crippen molar-refractivity contribution in [3.8, 4) is 5.75 Å². The summed E-state index contributed by atoms with van der Waals surface area (Å²) in [6.07, 6.45) is 0.0829. The molecule has 1 aliphatic heterocycles. The first kappa shape index (κ1) is 11.9. The first-order chi connectivity index (χ1) is 8.25. The van der Waals surface area contributed by atoms with Gasteiger partial charge < -0.3 is 20.5 Å². The Bertz CT molecular complexity index is 372. The SMILES string of the molecule is NC(=O)c1ccc(OCC2CNCCO2)cc1. The van der Waals surface area contributed by atoms with Crippen LogP contribution >= 0.6 is 0 Å². The Morgan fingerprint density at radius 1 is 1.47 bits per heavy atom. The minimum Gasteiger partial charge on any atom is -0.491 e. The molecule has 1 atom stereocenters. The number of nitrogens with one attached hydrogen (secondary N) is 1. The van der Waals surface area contributed by atoms with Crippen molar-refractivity contribution in [3.63, 3.8) is 0 Å². The van der Waals surface area contributed by atoms with E-state index in [9.17, 15) is 4.79 Å². The summed E-state index contributed by atoms with van der Waals surface area (Å²) in [5.41, 5.74) is 5.63. The van der Waals surface area contributed by atoms with Gasteiger partial charge in [0.2, 0.25) is 5.91 Å². The summed E-state index contributed by atoms with van der Waals surface area (Å²) in [7, 11) is 0. The Morgan fingerprint density at radius 3 is 2.82 bits per heavy atom. The van der Waals surface area contributed by atoms with Gasteiger partial charge in [0, 0.05) is 18.7 Å². The molecule has 1 aromatic rings. The molecule has 5 heteroatoms. The van der Waals surface area contributed by atoms with Crippen molar-refractivity contribution in [1.29, 1.82) is 0 Å². The molecule has 1 heterocycles. The zero-order valence-electron chi connectivity index (χ0n) is 9.52. The average molecular weight is 236 g/mol. The van der Waals surface area contributed by atoms with E-state index < -0.39 is 5.91 Å². The number of morpholine rings is 1. The third kappa shape index (κ3) is 3.44. The number of rotatable bonds is 4. The fraction of sp³-hybridized carbons (Fsp3) is 0.417. The average Bonchev–Trinajstić information content (AvgIpc) is 2.38. The molecule has 0 bridgehead atoms. The maximum Gasteiger partial charge on any atom is 0.248 e. The van der Waals surface area contributed by atoms with Crippen LogP contribution in [0.1, 0.15) is 10.4 Å². The highest BCUT2D eigenvalue weighted by Crippen LogP contribution is 2.12. The van der Waals surface area contributed by atoms with Crippen molar-refractivity contribution in [2.45, 2.75) is 6.10 Å². The summed E-state index contributed by atoms with van der Waals surface area (Å²) >= 11 is 0. The van der Waals surface area contributed by atoms with Crippen LogP contribution in [-0.4, -0.2) is 38.3 Å². The van der Waals surface area contributed by atoms with Crippen LogP contribution in [0.15, 0.2) is 24.3 Å². The number of carbonyl (C=O) groups excluding carboxylic acids is 1. The lowest BCUT2D eigenvalue weighted by Gasteiger charge is -2.23. The van der Waals surface area contributed by atoms with E-state index in [1.54, 1.807) is 24.3 Å². The van der Waals surface area contributed by atoms with E-state index in [4.69, 9.17) is 15.2 Å². The minimum absolute atomic E-state index is 0.0829. The van der Waals surface area contributed by atoms with Crippen LogP contribution in [0.25, 0.3) is 0 Å². The van der Waals surface area contributed by atoms with Crippen molar-refractivity contribution < 1.29 is 14.3 Å². The Balaban J connectivity index is 1.84. The Morgan fingerprint density at radius 2 is 2.24 bits per heavy atom. The van der Waals surface area contributed by atoms with Gasteiger partial charge in [-0.25, -0.2) is 0 Å². The molecule has 1 fully saturated rings. The second-order valence-electron chi connectivity index (χ2n) is 3.90. The number of carbonyl (C=O) groups is 1. The van der Waals surface area contributed by atoms with Crippen LogP contribution in [-0.2, 0) is 4.74 Å². The zero-order valence-corrected chi connectivity index (χ0v) is 9.52. The molecule has 0 aliphatic carbocycles. The summed E-state index contributed by atoms with van der Waals surface area (Å²) in [5.74, 6) is 0.278. The van der Waals surface area contributed by atoms with Gasteiger partial charge >= 0.3 is 0 Å². The van der Waals surface area contributed by atoms with Gasteiger partial charge in [0.15, 0.2) is 0 Å². The van der Waals surface area contributed by atoms with Gasteiger partial charge in [-0.3, -0.25) is 4.79 Å². The normalized spacial score (nSPS) is 19.9. The third-order valence-corrected chi connectivity index (χ3v) is 2.58. The molecule has 1 unspecified atom stereocenters. The molecule has 17 heavy (non-hydrogen) atoms. The third-order valence-electron chi connectivity index (χ3n) is 2.58. The Kier molecular flexibility index (Phi) is 3.95. The molecular weight excluding hydrogens is 220 g/mol. The lowest BCUT2D eigenvalue weighted by molar-refractivity contribution is 0.000192. The molecule has 1 amide bonds. The summed E-state index contributed by atoms with van der Waals surface area (Å²) < 4.78 is 11.1. The smallest absolute Gasteiger partial charge is 0.248 e. The molecular formula is C12H16N2O3. The summed E-state index contributed by atoms with van der Waals surface area (Å²) in [6.45, 7) is 2.92. The number of amides is 1. The maximum atomic E-state index is 10.9. The molecule has 92 valence electrons. The van der Waals surface area contributed by atoms with E-state index in [2.05, 4.69) is 5.32 Å². The molecule has 1 aromatic carbocycles. The van der Waals surface area contributed by atoms with E-state index in [1.165, 1.54) is 0 Å². The lowest BCUT2D eigenvalue weighted by atomic mass is 10.2. The Labute approximate surface area is 99.9 Å². The lowest BCUT2D eigenvalue weighted by Crippen LogP contribution is -2.41. The van der Waals surface area contributed by atoms with Gasteiger partial charge in [-0.2, -0.15) is 0 Å². The Hall–Kier alpha value is -1.59. The van der Waals surface area contributed by atoms with Gasteiger partial charge in [0.05, 0.1) is 6.61 Å². The number of ether oxygens (including phenoxy) is 2. The van der Waals surface area contributed by atoms with Crippen molar-refractivity contribution >= 4 is 5.91 Å². The number of hydrogen-bond donors (Lipinski definition) is 2. The van der Waals surface area contributed by atoms with Crippen molar-refractivity contribution in [1.82, 2.24) is 5.32 Å². The first-order valence-corrected chi connectivity index (χ1v) is 5.60. The number of hydrogen-bond acceptors (Lipinski definition) is 4. The van der Waals surface area contributed by atoms with E-state index in [-0.39, 0.29) is 6.10 Å². The highest BCUT2D eigenvalue weighted by Gasteiger charge is 2.13. The van der Waals surface area contributed by atoms with Gasteiger partial charge in [0.1, 0.15) is 18.5 Å². The quantitative estimate of drug-likeness (QED) is 0.780. The van der Waals surface area contributed by atoms with E-state index in [1.807, 2.05) is 0 Å². The zero-order chi connectivity index (χ0) is 12.1. The highest BCUT2D eigenvalue weighted by molar-refractivity contribution is 5.92. The van der Waals surface area contributed by atoms with E-state index in [0.717, 1.165) is 13.1 Å². The molecule has 1 saturated heterocycles. The number of primary amides is 1. The van der Waals surface area contributed by atoms with Gasteiger partial charge in [-0.1, -0.05) is 0 Å². The van der Waals surface area contributed by atoms with Crippen LogP contribution in [0, 0.1) is 0 Å². The van der Waals surface area contributed by atoms with Crippen LogP contribution in [0.5, 0.6) is 5.75 Å². The van der Waals surface area contributed by atoms with Crippen molar-refractivity contribution in [2.75, 3.05) is 26.3 Å². The highest BCUT2D eigenvalue weighted by atomic mass is 16.5. The summed E-state index contributed by atoms with van der Waals surface area (Å²) in [4.78, 5) is 10.9. The molecule has 2 rings (SSSR count). The summed E-state index contributed by atoms with van der Waals surface area (Å²) in [5, 5.41) is 3.23. The largest absolute Gasteiger partial charge is 0.491 e. The van der Waals surface area contributed by atoms with E-state index >= 15 is 0 Å². The molecule has 1 aliphatic rings. The molecule has 0 radical (unpaired) electrons. The van der Waals surface area contributed by atoms with Gasteiger partial charge in [-0.05, 0) is 24.3 Å². The topological polar surface area (TPSA) is 73.6 Å². The predicted molar refractivity (Wildman–Crippen MR) is 63.1 cm³/mol. The van der Waals surface area contributed by atoms with Crippen LogP contribution < -0.4 is 15.8 Å². The predicted octanol–water partition coefficient (Wildman–Crippen LogP) is 0.153. The molecule has 0 spiro atoms. The molecule has 3 N–H and O–H groups in total. The first-order valence-electron chi connectivity index (χ1n) is 5.60. The van der Waals surface area contributed by atoms with Crippen LogP contribution in [0.3, 0.4) is 0 Å². The number of benzene rings is 1. The molecule has 0 aromatic heterocycles. The van der Waals surface area contributed by atoms with E-state index in [0.29, 0.717) is 24.5 Å². The second-order valence-corrected chi connectivity index (χ2v) is 3.90. The van der Waals surface area contributed by atoms with Crippen molar-refractivity contribution in [2.24, 2.45) is 5.73 Å². The fourth-order valence-electron chi connectivity index (χ4n) is 1.63. The van der Waals surface area contributed by atoms with Crippen LogP contribution in [0.4, 0.5) is 0 Å².